The summed E-state index contributed by atoms with van der Waals surface area (Å²) in [5.74, 6) is -8.33. The summed E-state index contributed by atoms with van der Waals surface area (Å²) in [4.78, 5) is 136. The lowest BCUT2D eigenvalue weighted by Crippen LogP contribution is -2.70. The Kier molecular flexibility index (Phi) is 24.7. The number of allylic oxidation sites excluding steroid dienone is 1. The van der Waals surface area contributed by atoms with E-state index in [1.54, 1.807) is 45.1 Å². The number of carbonyl (C=O) groups excluding carboxylic acids is 8. The molecule has 4 aliphatic carbocycles. The number of hydrogen-bond donors (Lipinski definition) is 6. The second-order valence-corrected chi connectivity index (χ2v) is 43.8. The van der Waals surface area contributed by atoms with Crippen LogP contribution in [0.1, 0.15) is 212 Å². The fourth-order valence-electron chi connectivity index (χ4n) is 19.6. The van der Waals surface area contributed by atoms with Crippen LogP contribution in [0.2, 0.25) is 5.15 Å². The van der Waals surface area contributed by atoms with Crippen LogP contribution in [0.25, 0.3) is 21.8 Å². The number of fused-ring (bicyclic) bond motifs is 10. The van der Waals surface area contributed by atoms with Crippen LogP contribution in [0.4, 0.5) is 35.9 Å². The predicted molar refractivity (Wildman–Crippen MR) is 458 cm³/mol. The van der Waals surface area contributed by atoms with Crippen LogP contribution in [0.3, 0.4) is 0 Å². The highest BCUT2D eigenvalue weighted by Crippen LogP contribution is 2.55. The Morgan fingerprint density at radius 2 is 1.16 bits per heavy atom. The van der Waals surface area contributed by atoms with Crippen molar-refractivity contribution in [2.75, 3.05) is 33.3 Å². The molecule has 16 rings (SSSR count). The summed E-state index contributed by atoms with van der Waals surface area (Å²) >= 11 is 6.14. The number of sulfonamides is 2. The minimum absolute atomic E-state index is 0.00227. The summed E-state index contributed by atoms with van der Waals surface area (Å²) in [6.45, 7) is 11.0. The highest BCUT2D eigenvalue weighted by Gasteiger charge is 2.66. The van der Waals surface area contributed by atoms with Gasteiger partial charge in [-0.2, -0.15) is 26.3 Å². The van der Waals surface area contributed by atoms with Gasteiger partial charge in [0.1, 0.15) is 74.8 Å². The van der Waals surface area contributed by atoms with E-state index in [9.17, 15) is 31.2 Å². The highest BCUT2D eigenvalue weighted by molar-refractivity contribution is 7.92. The molecule has 129 heavy (non-hydrogen) atoms. The van der Waals surface area contributed by atoms with Crippen LogP contribution >= 0.6 is 11.6 Å². The molecule has 30 nitrogen and oxygen atoms in total. The van der Waals surface area contributed by atoms with Gasteiger partial charge < -0.3 is 64.4 Å². The zero-order valence-corrected chi connectivity index (χ0v) is 75.5. The van der Waals surface area contributed by atoms with Gasteiger partial charge in [-0.3, -0.25) is 38.2 Å². The molecule has 13 atom stereocenters. The number of nitrogens with one attached hydrogen (secondary N) is 6. The second-order valence-electron chi connectivity index (χ2n) is 39.0. The average molecular weight is 1860 g/mol. The maximum absolute atomic E-state index is 15.8. The number of hydrogen-bond acceptors (Lipinski definition) is 22. The molecule has 2 spiro atoms. The fraction of sp³-hybridized carbons (Fsp3) is 0.611. The lowest BCUT2D eigenvalue weighted by molar-refractivity contribution is -0.145. The van der Waals surface area contributed by atoms with Gasteiger partial charge in [0.05, 0.1) is 40.2 Å². The molecule has 13 unspecified atom stereocenters. The lowest BCUT2D eigenvalue weighted by Gasteiger charge is -2.48. The van der Waals surface area contributed by atoms with Gasteiger partial charge >= 0.3 is 24.5 Å². The predicted octanol–water partition coefficient (Wildman–Crippen LogP) is 12.6. The number of aromatic nitrogens is 3. The molecule has 8 amide bonds. The molecule has 698 valence electrons. The van der Waals surface area contributed by atoms with Crippen molar-refractivity contribution in [3.05, 3.63) is 107 Å². The summed E-state index contributed by atoms with van der Waals surface area (Å²) in [6, 6.07) is 7.20. The van der Waals surface area contributed by atoms with E-state index in [1.165, 1.54) is 61.2 Å². The van der Waals surface area contributed by atoms with Crippen LogP contribution in [0.15, 0.2) is 78.9 Å². The van der Waals surface area contributed by atoms with E-state index in [0.29, 0.717) is 77.2 Å². The number of nitrogens with zero attached hydrogens (tertiary/aromatic N) is 6. The molecular weight excluding hydrogens is 1750 g/mol. The Labute approximate surface area is 748 Å². The third kappa shape index (κ3) is 18.9. The second kappa shape index (κ2) is 34.4. The lowest BCUT2D eigenvalue weighted by atomic mass is 9.65. The molecule has 0 bridgehead atoms. The summed E-state index contributed by atoms with van der Waals surface area (Å²) in [6.07, 6.45) is -1.33. The van der Waals surface area contributed by atoms with Crippen LogP contribution < -0.4 is 49.7 Å². The normalized spacial score (nSPS) is 29.5. The van der Waals surface area contributed by atoms with Crippen molar-refractivity contribution in [1.29, 1.82) is 0 Å². The number of amides is 8. The van der Waals surface area contributed by atoms with Crippen molar-refractivity contribution >= 4 is 101 Å². The molecule has 4 saturated carbocycles. The maximum atomic E-state index is 15.8. The molecule has 3 saturated heterocycles. The highest BCUT2D eigenvalue weighted by atomic mass is 35.5. The number of benzene rings is 2. The molecule has 7 fully saturated rings. The third-order valence-electron chi connectivity index (χ3n) is 27.8. The summed E-state index contributed by atoms with van der Waals surface area (Å²) in [7, 11) is -6.71. The van der Waals surface area contributed by atoms with Crippen molar-refractivity contribution in [2.24, 2.45) is 23.7 Å². The number of carbonyl (C=O) groups is 8. The number of alkyl carbamates (subject to hydrolysis) is 2. The zero-order valence-electron chi connectivity index (χ0n) is 73.1. The van der Waals surface area contributed by atoms with E-state index >= 15 is 50.3 Å². The number of piperidine rings is 1. The first-order valence-electron chi connectivity index (χ1n) is 44.5. The van der Waals surface area contributed by atoms with Gasteiger partial charge in [-0.25, -0.2) is 41.4 Å². The van der Waals surface area contributed by atoms with Crippen LogP contribution in [0.5, 0.6) is 28.9 Å². The van der Waals surface area contributed by atoms with Gasteiger partial charge in [0.25, 0.3) is 11.8 Å². The van der Waals surface area contributed by atoms with E-state index in [-0.39, 0.29) is 145 Å². The topological polar surface area (TPSA) is 381 Å². The number of alkyl halides is 6. The summed E-state index contributed by atoms with van der Waals surface area (Å²) in [5.41, 5.74) is -11.0. The van der Waals surface area contributed by atoms with E-state index in [1.807, 2.05) is 33.0 Å². The monoisotopic (exact) mass is 1860 g/mol. The van der Waals surface area contributed by atoms with Crippen molar-refractivity contribution in [3.63, 3.8) is 0 Å². The summed E-state index contributed by atoms with van der Waals surface area (Å²) < 4.78 is 189. The molecule has 5 aromatic rings. The molecule has 10 heterocycles. The smallest absolute Gasteiger partial charge is 0.437 e. The van der Waals surface area contributed by atoms with Crippen molar-refractivity contribution < 1.29 is 110 Å². The van der Waals surface area contributed by atoms with E-state index < -0.39 is 214 Å². The third-order valence-corrected chi connectivity index (χ3v) is 32.3. The molecule has 2 aromatic carbocycles. The first kappa shape index (κ1) is 92.5. The first-order valence-corrected chi connectivity index (χ1v) is 47.8. The van der Waals surface area contributed by atoms with E-state index in [4.69, 9.17) is 40.0 Å². The van der Waals surface area contributed by atoms with Crippen molar-refractivity contribution in [3.8, 4) is 28.9 Å². The van der Waals surface area contributed by atoms with Gasteiger partial charge in [0, 0.05) is 71.7 Å². The standard InChI is InChI=1S/C90H109ClF6N12O18S2/c1-50(2)47-122-80(116)100-63-19-13-11-9-10-12-18-52-29-35-87(52,78(114)105-128(118,119)83(6)36-37-83)103-74(110)66-45-85(48-108(66)76(63)112)33-30-57-59-41-54(25-27-61(59)98-72(70(57)125-85)89(92,93)94)123-56-32-40-107(8)65(43-56)51-17-14-15-20-64(101-81(117)127-82(3,4)5)77(113)109-49-86(46-67(109)75(111)104-88(44-53(88)24-23-51)79(115)106-129(120,121)84(7)38-39-84)34-31-58-60-42-55(124-69-22-16-21-68(91)102-69)26-28-62(60)99-73(71(58)126-86)90(95,96)97/h12,16,18,21-28,41-42,50-53,56,63-67H,9-11,13-15,17,19-20,29-40,43-49H2,1-8H3,(H,100,116)(H,101,117)(H,103,110)(H,104,111)(H,105,114)(H,106,115). The van der Waals surface area contributed by atoms with Gasteiger partial charge in [-0.15, -0.1) is 0 Å². The van der Waals surface area contributed by atoms with E-state index in [2.05, 4.69) is 50.6 Å². The largest absolute Gasteiger partial charge is 0.490 e. The zero-order chi connectivity index (χ0) is 92.3. The number of pyridine rings is 3. The number of rotatable bonds is 15. The van der Waals surface area contributed by atoms with Crippen LogP contribution in [-0.4, -0.2) is 201 Å². The molecular formula is C90H109ClF6N12O18S2. The Morgan fingerprint density at radius 3 is 1.69 bits per heavy atom. The molecule has 0 radical (unpaired) electrons. The van der Waals surface area contributed by atoms with Gasteiger partial charge in [-0.1, -0.05) is 81.5 Å². The molecule has 39 heteroatoms. The van der Waals surface area contributed by atoms with Gasteiger partial charge in [-0.05, 0) is 205 Å². The minimum Gasteiger partial charge on any atom is -0.490 e. The molecule has 6 N–H and O–H groups in total. The molecule has 3 aromatic heterocycles. The number of likely N-dealkylation sites (tertiary alicyclic amines) is 1. The van der Waals surface area contributed by atoms with Crippen LogP contribution in [-0.2, 0) is 83.5 Å². The Hall–Kier alpha value is -9.82. The average Bonchev–Trinajstić information content (AvgIpc) is 1.52. The minimum atomic E-state index is -5.13. The van der Waals surface area contributed by atoms with Crippen molar-refractivity contribution in [2.45, 2.75) is 289 Å². The Balaban J connectivity index is 0.687. The Morgan fingerprint density at radius 1 is 0.620 bits per heavy atom. The number of aryl methyl sites for hydroxylation is 2. The first-order chi connectivity index (χ1) is 60.7. The van der Waals surface area contributed by atoms with Gasteiger partial charge in [0.2, 0.25) is 49.6 Å². The number of halogens is 7. The van der Waals surface area contributed by atoms with Crippen LogP contribution in [0, 0.1) is 23.7 Å². The fourth-order valence-corrected chi connectivity index (χ4v) is 22.4. The molecule has 11 aliphatic rings. The van der Waals surface area contributed by atoms with E-state index in [0.717, 1.165) is 4.90 Å². The number of ether oxygens (including phenoxy) is 6. The molecule has 7 aliphatic heterocycles. The van der Waals surface area contributed by atoms with Gasteiger partial charge in [0.15, 0.2) is 22.9 Å². The Bertz CT molecular complexity index is 5640. The summed E-state index contributed by atoms with van der Waals surface area (Å²) in [5, 5.41) is 11.8. The maximum Gasteiger partial charge on any atom is 0.437 e. The SMILES string of the molecule is CC(C)COC(=O)NC1CCCCCC=CC2CCC2(C(=O)NS(=O)(=O)C2(C)CC2)NC(=O)C2CC3(CCc4c(c(C(F)(F)F)nc5ccc(OC6CCN(C)C(C7C=CC8CC8(C(=O)NS(=O)(=O)C8(C)CC8)NC(=O)C8CC9(CCc%10c(c(C(F)(F)F)nc%11ccc(Oc%12cccc(Cl)n%12)cc%10%11)O9)CN8C(=O)C(NC(=O)OC(C)(C)C)CCCC7)C6)cc45)O3)CN2C1=O. The quantitative estimate of drug-likeness (QED) is 0.0322. The van der Waals surface area contributed by atoms with Crippen molar-refractivity contribution in [1.82, 2.24) is 60.4 Å².